The van der Waals surface area contributed by atoms with Crippen molar-refractivity contribution in [3.63, 3.8) is 0 Å². The highest BCUT2D eigenvalue weighted by Crippen LogP contribution is 2.33. The molecule has 0 aliphatic carbocycles. The van der Waals surface area contributed by atoms with Crippen LogP contribution in [0, 0.1) is 0 Å². The van der Waals surface area contributed by atoms with Gasteiger partial charge in [-0.25, -0.2) is 9.59 Å². The zero-order chi connectivity index (χ0) is 15.0. The summed E-state index contributed by atoms with van der Waals surface area (Å²) in [5, 5.41) is 9.50. The second kappa shape index (κ2) is 5.47. The first kappa shape index (κ1) is 15.5. The molecule has 2 rings (SSSR count). The summed E-state index contributed by atoms with van der Waals surface area (Å²) in [7, 11) is 0. The average molecular weight is 300 g/mol. The first-order valence-corrected chi connectivity index (χ1v) is 8.19. The van der Waals surface area contributed by atoms with Crippen LogP contribution in [0.3, 0.4) is 0 Å². The molecule has 6 heteroatoms. The van der Waals surface area contributed by atoms with Gasteiger partial charge in [0.05, 0.1) is 0 Å². The van der Waals surface area contributed by atoms with Crippen LogP contribution in [0.1, 0.15) is 40.0 Å². The molecule has 0 radical (unpaired) electrons. The highest BCUT2D eigenvalue weighted by atomic mass is 32.2. The van der Waals surface area contributed by atoms with Crippen molar-refractivity contribution >= 4 is 23.8 Å². The minimum absolute atomic E-state index is 0.0450. The van der Waals surface area contributed by atoms with Gasteiger partial charge in [0.2, 0.25) is 0 Å². The number of carboxylic acids is 1. The van der Waals surface area contributed by atoms with E-state index in [4.69, 9.17) is 0 Å². The lowest BCUT2D eigenvalue weighted by molar-refractivity contribution is -0.150. The lowest BCUT2D eigenvalue weighted by Gasteiger charge is -2.46. The number of carbonyl (C=O) groups excluding carboxylic acids is 1. The number of carbonyl (C=O) groups is 2. The Kier molecular flexibility index (Phi) is 4.23. The predicted molar refractivity (Wildman–Crippen MR) is 80.1 cm³/mol. The third kappa shape index (κ3) is 2.90. The summed E-state index contributed by atoms with van der Waals surface area (Å²) in [6.07, 6.45) is 2.30. The van der Waals surface area contributed by atoms with Gasteiger partial charge >= 0.3 is 12.0 Å². The molecule has 0 aromatic rings. The SMILES string of the molecule is CC1(C)CN(C(=O)N2CCCCC2(C)C(=O)O)CCS1. The van der Waals surface area contributed by atoms with Crippen LogP contribution < -0.4 is 0 Å². The van der Waals surface area contributed by atoms with E-state index in [-0.39, 0.29) is 10.8 Å². The summed E-state index contributed by atoms with van der Waals surface area (Å²) in [6, 6.07) is -0.108. The van der Waals surface area contributed by atoms with Crippen molar-refractivity contribution in [2.45, 2.75) is 50.3 Å². The van der Waals surface area contributed by atoms with Crippen LogP contribution in [0.5, 0.6) is 0 Å². The van der Waals surface area contributed by atoms with Crippen LogP contribution in [-0.4, -0.2) is 62.6 Å². The Morgan fingerprint density at radius 3 is 2.45 bits per heavy atom. The standard InChI is InChI=1S/C14H24N2O3S/c1-13(2)10-15(8-9-20-13)12(19)16-7-5-4-6-14(16,3)11(17)18/h4-10H2,1-3H3,(H,17,18). The first-order chi connectivity index (χ1) is 9.26. The van der Waals surface area contributed by atoms with E-state index in [1.165, 1.54) is 0 Å². The van der Waals surface area contributed by atoms with E-state index in [1.54, 1.807) is 11.8 Å². The second-order valence-electron chi connectivity index (χ2n) is 6.50. The number of thioether (sulfide) groups is 1. The van der Waals surface area contributed by atoms with Gasteiger partial charge in [0.15, 0.2) is 0 Å². The number of hydrogen-bond donors (Lipinski definition) is 1. The van der Waals surface area contributed by atoms with Gasteiger partial charge in [-0.05, 0) is 40.0 Å². The van der Waals surface area contributed by atoms with Crippen LogP contribution >= 0.6 is 11.8 Å². The van der Waals surface area contributed by atoms with E-state index in [1.807, 2.05) is 16.7 Å². The quantitative estimate of drug-likeness (QED) is 0.807. The van der Waals surface area contributed by atoms with Crippen LogP contribution in [0.15, 0.2) is 0 Å². The summed E-state index contributed by atoms with van der Waals surface area (Å²) >= 11 is 1.87. The molecule has 1 atom stereocenters. The molecule has 1 unspecified atom stereocenters. The highest BCUT2D eigenvalue weighted by Gasteiger charge is 2.46. The third-order valence-corrected chi connectivity index (χ3v) is 5.58. The largest absolute Gasteiger partial charge is 0.480 e. The molecule has 2 amide bonds. The average Bonchev–Trinajstić information content (AvgIpc) is 2.37. The Balaban J connectivity index is 2.16. The van der Waals surface area contributed by atoms with Crippen molar-refractivity contribution in [3.8, 4) is 0 Å². The summed E-state index contributed by atoms with van der Waals surface area (Å²) < 4.78 is 0.0450. The maximum Gasteiger partial charge on any atom is 0.329 e. The molecule has 0 aromatic carbocycles. The molecule has 0 saturated carbocycles. The van der Waals surface area contributed by atoms with E-state index in [0.29, 0.717) is 26.1 Å². The number of likely N-dealkylation sites (tertiary alicyclic amines) is 1. The summed E-state index contributed by atoms with van der Waals surface area (Å²) in [4.78, 5) is 27.7. The van der Waals surface area contributed by atoms with E-state index in [0.717, 1.165) is 18.6 Å². The van der Waals surface area contributed by atoms with Gasteiger partial charge in [0.1, 0.15) is 5.54 Å². The Morgan fingerprint density at radius 2 is 1.85 bits per heavy atom. The van der Waals surface area contributed by atoms with Gasteiger partial charge in [0, 0.05) is 30.1 Å². The van der Waals surface area contributed by atoms with Crippen molar-refractivity contribution in [1.82, 2.24) is 9.80 Å². The third-order valence-electron chi connectivity index (χ3n) is 4.28. The van der Waals surface area contributed by atoms with Gasteiger partial charge in [0.25, 0.3) is 0 Å². The molecule has 0 aromatic heterocycles. The number of piperidine rings is 1. The smallest absolute Gasteiger partial charge is 0.329 e. The topological polar surface area (TPSA) is 60.9 Å². The fourth-order valence-electron chi connectivity index (χ4n) is 3.00. The van der Waals surface area contributed by atoms with Crippen LogP contribution in [0.25, 0.3) is 0 Å². The summed E-state index contributed by atoms with van der Waals surface area (Å²) in [6.45, 7) is 7.87. The van der Waals surface area contributed by atoms with E-state index in [2.05, 4.69) is 13.8 Å². The Labute approximate surface area is 124 Å². The molecule has 2 saturated heterocycles. The van der Waals surface area contributed by atoms with Gasteiger partial charge in [-0.15, -0.1) is 0 Å². The summed E-state index contributed by atoms with van der Waals surface area (Å²) in [5.41, 5.74) is -1.05. The van der Waals surface area contributed by atoms with E-state index in [9.17, 15) is 14.7 Å². The number of amides is 2. The summed E-state index contributed by atoms with van der Waals surface area (Å²) in [5.74, 6) is 0.0206. The fourth-order valence-corrected chi connectivity index (χ4v) is 4.11. The zero-order valence-corrected chi connectivity index (χ0v) is 13.3. The minimum Gasteiger partial charge on any atom is -0.480 e. The van der Waals surface area contributed by atoms with Crippen molar-refractivity contribution < 1.29 is 14.7 Å². The van der Waals surface area contributed by atoms with E-state index >= 15 is 0 Å². The minimum atomic E-state index is -1.05. The van der Waals surface area contributed by atoms with Crippen molar-refractivity contribution in [2.24, 2.45) is 0 Å². The monoisotopic (exact) mass is 300 g/mol. The second-order valence-corrected chi connectivity index (χ2v) is 8.30. The molecule has 2 heterocycles. The van der Waals surface area contributed by atoms with Crippen molar-refractivity contribution in [2.75, 3.05) is 25.4 Å². The highest BCUT2D eigenvalue weighted by molar-refractivity contribution is 8.00. The normalized spacial score (nSPS) is 30.1. The van der Waals surface area contributed by atoms with Gasteiger partial charge in [-0.1, -0.05) is 0 Å². The molecular formula is C14H24N2O3S. The molecule has 5 nitrogen and oxygen atoms in total. The number of rotatable bonds is 1. The Bertz CT molecular complexity index is 413. The lowest BCUT2D eigenvalue weighted by Crippen LogP contribution is -2.62. The molecule has 2 fully saturated rings. The van der Waals surface area contributed by atoms with Crippen LogP contribution in [-0.2, 0) is 4.79 Å². The molecule has 20 heavy (non-hydrogen) atoms. The first-order valence-electron chi connectivity index (χ1n) is 7.20. The lowest BCUT2D eigenvalue weighted by atomic mass is 9.89. The predicted octanol–water partition coefficient (Wildman–Crippen LogP) is 2.26. The van der Waals surface area contributed by atoms with Gasteiger partial charge < -0.3 is 14.9 Å². The van der Waals surface area contributed by atoms with Crippen molar-refractivity contribution in [1.29, 1.82) is 0 Å². The Morgan fingerprint density at radius 1 is 1.15 bits per heavy atom. The van der Waals surface area contributed by atoms with Crippen molar-refractivity contribution in [3.05, 3.63) is 0 Å². The number of hydrogen-bond acceptors (Lipinski definition) is 3. The number of nitrogens with zero attached hydrogens (tertiary/aromatic N) is 2. The zero-order valence-electron chi connectivity index (χ0n) is 12.5. The maximum absolute atomic E-state index is 12.7. The van der Waals surface area contributed by atoms with Crippen LogP contribution in [0.4, 0.5) is 4.79 Å². The molecule has 2 aliphatic rings. The van der Waals surface area contributed by atoms with Gasteiger partial charge in [-0.3, -0.25) is 0 Å². The van der Waals surface area contributed by atoms with Gasteiger partial charge in [-0.2, -0.15) is 11.8 Å². The molecule has 0 spiro atoms. The maximum atomic E-state index is 12.7. The Hall–Kier alpha value is -0.910. The molecule has 0 bridgehead atoms. The molecule has 2 aliphatic heterocycles. The number of carboxylic acid groups (broad SMARTS) is 1. The van der Waals surface area contributed by atoms with E-state index < -0.39 is 11.5 Å². The number of urea groups is 1. The molecular weight excluding hydrogens is 276 g/mol. The molecule has 1 N–H and O–H groups in total. The fraction of sp³-hybridized carbons (Fsp3) is 0.857. The number of aliphatic carboxylic acids is 1. The van der Waals surface area contributed by atoms with Crippen LogP contribution in [0.2, 0.25) is 0 Å². The molecule has 114 valence electrons.